The van der Waals surface area contributed by atoms with E-state index in [0.717, 1.165) is 27.7 Å². The average molecular weight is 432 g/mol. The van der Waals surface area contributed by atoms with Gasteiger partial charge in [0, 0.05) is 27.4 Å². The van der Waals surface area contributed by atoms with Crippen LogP contribution in [0.4, 0.5) is 5.69 Å². The summed E-state index contributed by atoms with van der Waals surface area (Å²) >= 11 is 3.52. The Morgan fingerprint density at radius 3 is 2.50 bits per heavy atom. The van der Waals surface area contributed by atoms with E-state index in [9.17, 15) is 4.79 Å². The first-order chi connectivity index (χ1) is 13.4. The smallest absolute Gasteiger partial charge is 0.162 e. The molecule has 0 saturated carbocycles. The van der Waals surface area contributed by atoms with E-state index in [1.165, 1.54) is 21.9 Å². The number of ketones is 1. The number of halogens is 1. The molecule has 0 aromatic heterocycles. The fourth-order valence-corrected chi connectivity index (χ4v) is 4.97. The molecule has 140 valence electrons. The maximum Gasteiger partial charge on any atom is 0.162 e. The lowest BCUT2D eigenvalue weighted by atomic mass is 9.68. The zero-order chi connectivity index (χ0) is 19.5. The van der Waals surface area contributed by atoms with Crippen molar-refractivity contribution < 1.29 is 4.79 Å². The standard InChI is InChI=1S/C25H22BrNO/c1-25(2)13-20-19-12-9-15-5-3-4-6-18(15)24(19)27-23(22(20)21(28)14-25)16-7-10-17(26)11-8-16/h3-12,23,27H,13-14H2,1-2H3/t23-/m1/s1. The van der Waals surface area contributed by atoms with E-state index in [-0.39, 0.29) is 17.2 Å². The molecule has 3 aromatic rings. The summed E-state index contributed by atoms with van der Waals surface area (Å²) in [6.45, 7) is 4.40. The second-order valence-electron chi connectivity index (χ2n) is 8.67. The van der Waals surface area contributed by atoms with Crippen molar-refractivity contribution in [2.24, 2.45) is 5.41 Å². The number of Topliss-reactive ketones (excluding diaryl/α,β-unsaturated/α-hetero) is 1. The Hall–Kier alpha value is -2.39. The molecule has 1 N–H and O–H groups in total. The molecule has 3 aromatic carbocycles. The second kappa shape index (κ2) is 6.31. The van der Waals surface area contributed by atoms with Gasteiger partial charge in [-0.15, -0.1) is 0 Å². The maximum atomic E-state index is 13.3. The molecule has 3 heteroatoms. The summed E-state index contributed by atoms with van der Waals surface area (Å²) in [7, 11) is 0. The molecular weight excluding hydrogens is 410 g/mol. The first-order valence-corrected chi connectivity index (χ1v) is 10.5. The van der Waals surface area contributed by atoms with Crippen LogP contribution in [-0.2, 0) is 4.79 Å². The molecule has 2 aliphatic rings. The molecule has 0 spiro atoms. The number of fused-ring (bicyclic) bond motifs is 4. The Balaban J connectivity index is 1.79. The van der Waals surface area contributed by atoms with Crippen LogP contribution in [0.5, 0.6) is 0 Å². The van der Waals surface area contributed by atoms with Gasteiger partial charge in [-0.1, -0.05) is 78.3 Å². The van der Waals surface area contributed by atoms with Crippen molar-refractivity contribution in [1.29, 1.82) is 0 Å². The third-order valence-electron chi connectivity index (χ3n) is 5.95. The van der Waals surface area contributed by atoms with Crippen molar-refractivity contribution in [3.63, 3.8) is 0 Å². The van der Waals surface area contributed by atoms with Crippen molar-refractivity contribution in [3.05, 3.63) is 81.8 Å². The van der Waals surface area contributed by atoms with Crippen LogP contribution in [-0.4, -0.2) is 5.78 Å². The number of nitrogens with one attached hydrogen (secondary N) is 1. The summed E-state index contributed by atoms with van der Waals surface area (Å²) in [6, 6.07) is 21.0. The molecule has 1 aliphatic carbocycles. The number of carbonyl (C=O) groups excluding carboxylic acids is 1. The second-order valence-corrected chi connectivity index (χ2v) is 9.59. The minimum absolute atomic E-state index is 0.0135. The molecule has 0 saturated heterocycles. The number of allylic oxidation sites excluding steroid dienone is 1. The predicted molar refractivity (Wildman–Crippen MR) is 119 cm³/mol. The Bertz CT molecular complexity index is 1140. The molecule has 1 atom stereocenters. The molecule has 0 bridgehead atoms. The van der Waals surface area contributed by atoms with Gasteiger partial charge in [-0.2, -0.15) is 0 Å². The molecule has 0 amide bonds. The van der Waals surface area contributed by atoms with E-state index < -0.39 is 0 Å². The summed E-state index contributed by atoms with van der Waals surface area (Å²) in [5, 5.41) is 6.17. The molecule has 0 fully saturated rings. The maximum absolute atomic E-state index is 13.3. The zero-order valence-corrected chi connectivity index (χ0v) is 17.6. The molecular formula is C25H22BrNO. The van der Waals surface area contributed by atoms with Gasteiger partial charge in [-0.05, 0) is 40.5 Å². The van der Waals surface area contributed by atoms with Gasteiger partial charge in [0.05, 0.1) is 11.7 Å². The van der Waals surface area contributed by atoms with E-state index in [2.05, 4.69) is 83.6 Å². The zero-order valence-electron chi connectivity index (χ0n) is 16.1. The lowest BCUT2D eigenvalue weighted by molar-refractivity contribution is -0.118. The quantitative estimate of drug-likeness (QED) is 0.453. The van der Waals surface area contributed by atoms with Gasteiger partial charge in [0.2, 0.25) is 0 Å². The van der Waals surface area contributed by atoms with Crippen molar-refractivity contribution >= 4 is 43.7 Å². The lowest BCUT2D eigenvalue weighted by Gasteiger charge is -2.40. The Kier molecular flexibility index (Phi) is 3.99. The van der Waals surface area contributed by atoms with Gasteiger partial charge < -0.3 is 5.32 Å². The van der Waals surface area contributed by atoms with E-state index in [4.69, 9.17) is 0 Å². The van der Waals surface area contributed by atoms with E-state index in [0.29, 0.717) is 6.42 Å². The third-order valence-corrected chi connectivity index (χ3v) is 6.48. The summed E-state index contributed by atoms with van der Waals surface area (Å²) < 4.78 is 1.04. The Labute approximate surface area is 173 Å². The fourth-order valence-electron chi connectivity index (χ4n) is 4.71. The number of hydrogen-bond donors (Lipinski definition) is 1. The number of rotatable bonds is 1. The highest BCUT2D eigenvalue weighted by Gasteiger charge is 2.40. The fraction of sp³-hybridized carbons (Fsp3) is 0.240. The Morgan fingerprint density at radius 2 is 1.71 bits per heavy atom. The number of hydrogen-bond acceptors (Lipinski definition) is 2. The summed E-state index contributed by atoms with van der Waals surface area (Å²) in [5.74, 6) is 0.269. The molecule has 1 heterocycles. The minimum atomic E-state index is -0.106. The van der Waals surface area contributed by atoms with Gasteiger partial charge in [-0.3, -0.25) is 4.79 Å². The SMILES string of the molecule is CC1(C)CC(=O)C2=C(C1)c1ccc3ccccc3c1N[C@@H]2c1ccc(Br)cc1. The lowest BCUT2D eigenvalue weighted by Crippen LogP contribution is -2.33. The van der Waals surface area contributed by atoms with E-state index >= 15 is 0 Å². The molecule has 28 heavy (non-hydrogen) atoms. The molecule has 0 radical (unpaired) electrons. The van der Waals surface area contributed by atoms with Crippen LogP contribution >= 0.6 is 15.9 Å². The van der Waals surface area contributed by atoms with Gasteiger partial charge in [-0.25, -0.2) is 0 Å². The van der Waals surface area contributed by atoms with Crippen molar-refractivity contribution in [3.8, 4) is 0 Å². The molecule has 0 unspecified atom stereocenters. The average Bonchev–Trinajstić information content (AvgIpc) is 2.66. The highest BCUT2D eigenvalue weighted by atomic mass is 79.9. The van der Waals surface area contributed by atoms with Crippen LogP contribution in [0, 0.1) is 5.41 Å². The number of benzene rings is 3. The van der Waals surface area contributed by atoms with Crippen LogP contribution < -0.4 is 5.32 Å². The van der Waals surface area contributed by atoms with Crippen molar-refractivity contribution in [2.45, 2.75) is 32.7 Å². The first-order valence-electron chi connectivity index (χ1n) is 9.73. The highest BCUT2D eigenvalue weighted by molar-refractivity contribution is 9.10. The largest absolute Gasteiger partial charge is 0.373 e. The summed E-state index contributed by atoms with van der Waals surface area (Å²) in [5.41, 5.74) is 5.61. The summed E-state index contributed by atoms with van der Waals surface area (Å²) in [4.78, 5) is 13.3. The van der Waals surface area contributed by atoms with Crippen LogP contribution in [0.15, 0.2) is 70.7 Å². The van der Waals surface area contributed by atoms with Crippen LogP contribution in [0.3, 0.4) is 0 Å². The van der Waals surface area contributed by atoms with Gasteiger partial charge in [0.1, 0.15) is 0 Å². The summed E-state index contributed by atoms with van der Waals surface area (Å²) in [6.07, 6.45) is 1.53. The Morgan fingerprint density at radius 1 is 0.964 bits per heavy atom. The monoisotopic (exact) mass is 431 g/mol. The van der Waals surface area contributed by atoms with Gasteiger partial charge in [0.25, 0.3) is 0 Å². The highest BCUT2D eigenvalue weighted by Crippen LogP contribution is 2.51. The normalized spacial score (nSPS) is 20.5. The van der Waals surface area contributed by atoms with Crippen LogP contribution in [0.2, 0.25) is 0 Å². The topological polar surface area (TPSA) is 29.1 Å². The molecule has 2 nitrogen and oxygen atoms in total. The van der Waals surface area contributed by atoms with Crippen LogP contribution in [0.1, 0.15) is 43.9 Å². The molecule has 5 rings (SSSR count). The number of carbonyl (C=O) groups is 1. The van der Waals surface area contributed by atoms with E-state index in [1.807, 2.05) is 12.1 Å². The molecule has 1 aliphatic heterocycles. The van der Waals surface area contributed by atoms with E-state index in [1.54, 1.807) is 0 Å². The number of anilines is 1. The van der Waals surface area contributed by atoms with Crippen molar-refractivity contribution in [2.75, 3.05) is 5.32 Å². The van der Waals surface area contributed by atoms with Gasteiger partial charge in [0.15, 0.2) is 5.78 Å². The third kappa shape index (κ3) is 2.80. The first kappa shape index (κ1) is 17.7. The predicted octanol–water partition coefficient (Wildman–Crippen LogP) is 6.91. The van der Waals surface area contributed by atoms with Gasteiger partial charge >= 0.3 is 0 Å². The van der Waals surface area contributed by atoms with Crippen LogP contribution in [0.25, 0.3) is 16.3 Å². The minimum Gasteiger partial charge on any atom is -0.373 e. The van der Waals surface area contributed by atoms with Crippen molar-refractivity contribution in [1.82, 2.24) is 0 Å².